The van der Waals surface area contributed by atoms with Crippen LogP contribution >= 0.6 is 23.5 Å². The lowest BCUT2D eigenvalue weighted by Crippen LogP contribution is -2.08. The molecule has 0 saturated heterocycles. The van der Waals surface area contributed by atoms with Gasteiger partial charge in [-0.3, -0.25) is 4.57 Å². The van der Waals surface area contributed by atoms with Crippen molar-refractivity contribution in [3.05, 3.63) is 27.7 Å². The summed E-state index contributed by atoms with van der Waals surface area (Å²) in [6.07, 6.45) is 1.13. The average Bonchev–Trinajstić information content (AvgIpc) is 2.40. The minimum Gasteiger partial charge on any atom is -0.494 e. The van der Waals surface area contributed by atoms with E-state index in [1.807, 2.05) is 32.9 Å². The van der Waals surface area contributed by atoms with Crippen LogP contribution in [0.15, 0.2) is 16.6 Å². The van der Waals surface area contributed by atoms with E-state index in [1.54, 1.807) is 6.92 Å². The molecule has 1 aromatic carbocycles. The van der Waals surface area contributed by atoms with E-state index in [4.69, 9.17) is 9.26 Å². The molecule has 2 unspecified atom stereocenters. The van der Waals surface area contributed by atoms with Crippen LogP contribution in [0.4, 0.5) is 0 Å². The maximum absolute atomic E-state index is 11.8. The molecule has 0 saturated carbocycles. The van der Waals surface area contributed by atoms with Crippen molar-refractivity contribution in [3.8, 4) is 5.75 Å². The first-order valence-electron chi connectivity index (χ1n) is 7.15. The van der Waals surface area contributed by atoms with E-state index < -0.39 is 7.60 Å². The van der Waals surface area contributed by atoms with E-state index in [2.05, 4.69) is 15.9 Å². The molecule has 0 heterocycles. The van der Waals surface area contributed by atoms with Gasteiger partial charge < -0.3 is 14.2 Å². The Morgan fingerprint density at radius 1 is 1.33 bits per heavy atom. The fourth-order valence-corrected chi connectivity index (χ4v) is 3.43. The van der Waals surface area contributed by atoms with Crippen molar-refractivity contribution in [2.24, 2.45) is 0 Å². The number of benzene rings is 1. The molecule has 4 nitrogen and oxygen atoms in total. The molecule has 0 bridgehead atoms. The molecule has 0 aliphatic rings. The van der Waals surface area contributed by atoms with Crippen molar-refractivity contribution in [2.75, 3.05) is 12.8 Å². The second-order valence-corrected chi connectivity index (χ2v) is 7.98. The summed E-state index contributed by atoms with van der Waals surface area (Å²) in [5.41, 5.74) is 2.22. The summed E-state index contributed by atoms with van der Waals surface area (Å²) in [4.78, 5) is 9.71. The van der Waals surface area contributed by atoms with Crippen molar-refractivity contribution in [2.45, 2.75) is 46.6 Å². The third kappa shape index (κ3) is 6.52. The zero-order chi connectivity index (χ0) is 16.0. The molecule has 2 atom stereocenters. The van der Waals surface area contributed by atoms with Gasteiger partial charge in [0.2, 0.25) is 0 Å². The molecule has 0 fully saturated rings. The van der Waals surface area contributed by atoms with Gasteiger partial charge in [0.05, 0.1) is 18.9 Å². The lowest BCUT2D eigenvalue weighted by molar-refractivity contribution is 0.184. The molecule has 0 amide bonds. The third-order valence-corrected chi connectivity index (χ3v) is 6.00. The lowest BCUT2D eigenvalue weighted by atomic mass is 10.1. The SMILES string of the molecule is CCC(C)OP(=O)(O)CCCOc1cc(C)c(Br)c(C)c1. The Bertz CT molecular complexity index is 495. The molecular weight excluding hydrogens is 355 g/mol. The van der Waals surface area contributed by atoms with E-state index in [0.717, 1.165) is 27.8 Å². The summed E-state index contributed by atoms with van der Waals surface area (Å²) >= 11 is 3.51. The fourth-order valence-electron chi connectivity index (χ4n) is 1.85. The van der Waals surface area contributed by atoms with E-state index in [-0.39, 0.29) is 12.3 Å². The summed E-state index contributed by atoms with van der Waals surface area (Å²) in [7, 11) is -3.50. The van der Waals surface area contributed by atoms with E-state index in [1.165, 1.54) is 0 Å². The minimum absolute atomic E-state index is 0.117. The van der Waals surface area contributed by atoms with Gasteiger partial charge in [0, 0.05) is 4.47 Å². The molecule has 1 N–H and O–H groups in total. The predicted octanol–water partition coefficient (Wildman–Crippen LogP) is 4.84. The summed E-state index contributed by atoms with van der Waals surface area (Å²) in [5, 5.41) is 0. The van der Waals surface area contributed by atoms with Crippen LogP contribution in [0.1, 0.15) is 37.8 Å². The topological polar surface area (TPSA) is 55.8 Å². The van der Waals surface area contributed by atoms with Gasteiger partial charge in [-0.25, -0.2) is 0 Å². The molecule has 0 aliphatic heterocycles. The second kappa shape index (κ2) is 8.33. The Labute approximate surface area is 135 Å². The number of hydrogen-bond donors (Lipinski definition) is 1. The van der Waals surface area contributed by atoms with Crippen LogP contribution in [-0.2, 0) is 9.09 Å². The van der Waals surface area contributed by atoms with Crippen LogP contribution in [0, 0.1) is 13.8 Å². The largest absolute Gasteiger partial charge is 0.494 e. The molecule has 0 aliphatic carbocycles. The number of hydrogen-bond acceptors (Lipinski definition) is 3. The smallest absolute Gasteiger partial charge is 0.328 e. The highest BCUT2D eigenvalue weighted by Crippen LogP contribution is 2.44. The molecule has 0 spiro atoms. The fraction of sp³-hybridized carbons (Fsp3) is 0.600. The van der Waals surface area contributed by atoms with Gasteiger partial charge in [0.15, 0.2) is 0 Å². The number of ether oxygens (including phenoxy) is 1. The molecular formula is C15H24BrO4P. The highest BCUT2D eigenvalue weighted by molar-refractivity contribution is 9.10. The summed E-state index contributed by atoms with van der Waals surface area (Å²) in [6, 6.07) is 3.90. The monoisotopic (exact) mass is 378 g/mol. The van der Waals surface area contributed by atoms with Crippen molar-refractivity contribution >= 4 is 23.5 Å². The molecule has 0 aromatic heterocycles. The van der Waals surface area contributed by atoms with Crippen molar-refractivity contribution in [3.63, 3.8) is 0 Å². The van der Waals surface area contributed by atoms with Gasteiger partial charge in [-0.15, -0.1) is 0 Å². The van der Waals surface area contributed by atoms with E-state index >= 15 is 0 Å². The second-order valence-electron chi connectivity index (χ2n) is 5.26. The van der Waals surface area contributed by atoms with Gasteiger partial charge in [-0.1, -0.05) is 22.9 Å². The maximum atomic E-state index is 11.8. The quantitative estimate of drug-likeness (QED) is 0.519. The Balaban J connectivity index is 2.42. The van der Waals surface area contributed by atoms with Gasteiger partial charge in [0.25, 0.3) is 0 Å². The Hall–Kier alpha value is -0.350. The van der Waals surface area contributed by atoms with Crippen LogP contribution in [0.2, 0.25) is 0 Å². The normalized spacial score (nSPS) is 15.5. The molecule has 120 valence electrons. The molecule has 1 rings (SSSR count). The zero-order valence-electron chi connectivity index (χ0n) is 13.1. The molecule has 21 heavy (non-hydrogen) atoms. The Morgan fingerprint density at radius 3 is 2.43 bits per heavy atom. The number of aryl methyl sites for hydroxylation is 2. The van der Waals surface area contributed by atoms with E-state index in [0.29, 0.717) is 13.0 Å². The summed E-state index contributed by atoms with van der Waals surface area (Å²) < 4.78 is 23.7. The molecule has 1 aromatic rings. The third-order valence-electron chi connectivity index (χ3n) is 3.18. The van der Waals surface area contributed by atoms with Gasteiger partial charge in [-0.2, -0.15) is 0 Å². The predicted molar refractivity (Wildman–Crippen MR) is 89.3 cm³/mol. The zero-order valence-corrected chi connectivity index (χ0v) is 15.5. The Morgan fingerprint density at radius 2 is 1.90 bits per heavy atom. The summed E-state index contributed by atoms with van der Waals surface area (Å²) in [6.45, 7) is 8.13. The van der Waals surface area contributed by atoms with E-state index in [9.17, 15) is 9.46 Å². The van der Waals surface area contributed by atoms with Crippen LogP contribution in [0.5, 0.6) is 5.75 Å². The van der Waals surface area contributed by atoms with Crippen molar-refractivity contribution < 1.29 is 18.7 Å². The van der Waals surface area contributed by atoms with Crippen LogP contribution in [0.3, 0.4) is 0 Å². The minimum atomic E-state index is -3.50. The van der Waals surface area contributed by atoms with Gasteiger partial charge in [0.1, 0.15) is 5.75 Å². The lowest BCUT2D eigenvalue weighted by Gasteiger charge is -2.17. The molecule has 0 radical (unpaired) electrons. The summed E-state index contributed by atoms with van der Waals surface area (Å²) in [5.74, 6) is 0.781. The Kier molecular flexibility index (Phi) is 7.41. The number of halogens is 1. The van der Waals surface area contributed by atoms with Crippen molar-refractivity contribution in [1.29, 1.82) is 0 Å². The first-order chi connectivity index (χ1) is 9.75. The van der Waals surface area contributed by atoms with Gasteiger partial charge in [-0.05, 0) is 56.9 Å². The standard InChI is InChI=1S/C15H24BrO4P/c1-5-13(4)20-21(17,18)8-6-7-19-14-9-11(2)15(16)12(3)10-14/h9-10,13H,5-8H2,1-4H3,(H,17,18). The molecule has 6 heteroatoms. The highest BCUT2D eigenvalue weighted by atomic mass is 79.9. The first kappa shape index (κ1) is 18.7. The van der Waals surface area contributed by atoms with Crippen LogP contribution in [-0.4, -0.2) is 23.8 Å². The highest BCUT2D eigenvalue weighted by Gasteiger charge is 2.21. The van der Waals surface area contributed by atoms with Crippen LogP contribution < -0.4 is 4.74 Å². The number of rotatable bonds is 8. The van der Waals surface area contributed by atoms with Gasteiger partial charge >= 0.3 is 7.60 Å². The first-order valence-corrected chi connectivity index (χ1v) is 9.70. The van der Waals surface area contributed by atoms with Crippen LogP contribution in [0.25, 0.3) is 0 Å². The average molecular weight is 379 g/mol. The van der Waals surface area contributed by atoms with Crippen molar-refractivity contribution in [1.82, 2.24) is 0 Å². The maximum Gasteiger partial charge on any atom is 0.328 e.